The maximum absolute atomic E-state index is 13.5. The molecule has 7 heteroatoms. The molecule has 0 aliphatic heterocycles. The summed E-state index contributed by atoms with van der Waals surface area (Å²) >= 11 is 5.96. The second-order valence-corrected chi connectivity index (χ2v) is 8.46. The Morgan fingerprint density at radius 1 is 1.06 bits per heavy atom. The zero-order valence-corrected chi connectivity index (χ0v) is 18.1. The monoisotopic (exact) mass is 446 g/mol. The van der Waals surface area contributed by atoms with E-state index >= 15 is 0 Å². The van der Waals surface area contributed by atoms with E-state index < -0.39 is 11.5 Å². The summed E-state index contributed by atoms with van der Waals surface area (Å²) in [5.41, 5.74) is 0.876. The number of nitrogens with one attached hydrogen (secondary N) is 2. The van der Waals surface area contributed by atoms with Crippen molar-refractivity contribution >= 4 is 23.4 Å². The smallest absolute Gasteiger partial charge is 0.242 e. The lowest BCUT2D eigenvalue weighted by Crippen LogP contribution is -2.53. The number of aliphatic hydroxyl groups is 1. The molecule has 0 aromatic heterocycles. The molecule has 3 rings (SSSR count). The zero-order valence-electron chi connectivity index (χ0n) is 17.4. The summed E-state index contributed by atoms with van der Waals surface area (Å²) in [6.07, 6.45) is 3.86. The summed E-state index contributed by atoms with van der Waals surface area (Å²) < 4.78 is 13.5. The maximum Gasteiger partial charge on any atom is 0.242 e. The molecule has 0 heterocycles. The van der Waals surface area contributed by atoms with E-state index in [-0.39, 0.29) is 24.2 Å². The minimum Gasteiger partial charge on any atom is -0.396 e. The Balaban J connectivity index is 1.81. The van der Waals surface area contributed by atoms with Crippen LogP contribution in [0.15, 0.2) is 48.5 Å². The average Bonchev–Trinajstić information content (AvgIpc) is 3.26. The van der Waals surface area contributed by atoms with Crippen molar-refractivity contribution in [2.45, 2.75) is 50.0 Å². The standard InChI is InChI=1S/C24H28ClFN2O3/c25-19-8-4-17(5-9-19)16-21(22(30)27-14-3-15-29)28-23(31)24(12-1-2-13-24)18-6-10-20(26)11-7-18/h4-11,21,29H,1-3,12-16H2,(H,27,30)(H,28,31)/t21-/m1/s1. The van der Waals surface area contributed by atoms with E-state index in [2.05, 4.69) is 10.6 Å². The number of benzene rings is 2. The van der Waals surface area contributed by atoms with Gasteiger partial charge in [-0.3, -0.25) is 9.59 Å². The average molecular weight is 447 g/mol. The van der Waals surface area contributed by atoms with Crippen LogP contribution in [0, 0.1) is 5.82 Å². The molecule has 1 aliphatic carbocycles. The summed E-state index contributed by atoms with van der Waals surface area (Å²) in [5, 5.41) is 15.3. The largest absolute Gasteiger partial charge is 0.396 e. The summed E-state index contributed by atoms with van der Waals surface area (Å²) in [5.74, 6) is -0.863. The number of rotatable bonds is 9. The molecule has 0 spiro atoms. The summed E-state index contributed by atoms with van der Waals surface area (Å²) in [7, 11) is 0. The first-order chi connectivity index (χ1) is 14.9. The van der Waals surface area contributed by atoms with E-state index in [0.29, 0.717) is 37.3 Å². The van der Waals surface area contributed by atoms with E-state index in [9.17, 15) is 14.0 Å². The van der Waals surface area contributed by atoms with Gasteiger partial charge in [-0.15, -0.1) is 0 Å². The third-order valence-electron chi connectivity index (χ3n) is 5.90. The maximum atomic E-state index is 13.5. The van der Waals surface area contributed by atoms with Crippen molar-refractivity contribution in [2.24, 2.45) is 0 Å². The molecule has 3 N–H and O–H groups in total. The van der Waals surface area contributed by atoms with E-state index in [1.165, 1.54) is 12.1 Å². The second-order valence-electron chi connectivity index (χ2n) is 8.02. The van der Waals surface area contributed by atoms with Crippen LogP contribution in [0.4, 0.5) is 4.39 Å². The number of carbonyl (C=O) groups is 2. The highest BCUT2D eigenvalue weighted by molar-refractivity contribution is 6.30. The van der Waals surface area contributed by atoms with Gasteiger partial charge >= 0.3 is 0 Å². The molecule has 0 saturated heterocycles. The van der Waals surface area contributed by atoms with E-state index in [0.717, 1.165) is 24.0 Å². The molecule has 1 saturated carbocycles. The van der Waals surface area contributed by atoms with Gasteiger partial charge in [0, 0.05) is 24.6 Å². The molecule has 2 amide bonds. The van der Waals surface area contributed by atoms with Gasteiger partial charge in [0.05, 0.1) is 5.41 Å². The Labute approximate surface area is 187 Å². The molecular formula is C24H28ClFN2O3. The Morgan fingerprint density at radius 2 is 1.71 bits per heavy atom. The van der Waals surface area contributed by atoms with Crippen molar-refractivity contribution in [3.63, 3.8) is 0 Å². The van der Waals surface area contributed by atoms with Crippen molar-refractivity contribution in [1.29, 1.82) is 0 Å². The summed E-state index contributed by atoms with van der Waals surface area (Å²) in [4.78, 5) is 26.3. The van der Waals surface area contributed by atoms with Gasteiger partial charge in [-0.05, 0) is 54.7 Å². The van der Waals surface area contributed by atoms with Crippen molar-refractivity contribution in [1.82, 2.24) is 10.6 Å². The van der Waals surface area contributed by atoms with Gasteiger partial charge in [0.2, 0.25) is 11.8 Å². The molecule has 2 aromatic rings. The molecule has 1 aliphatic rings. The quantitative estimate of drug-likeness (QED) is 0.516. The van der Waals surface area contributed by atoms with Crippen LogP contribution in [0.3, 0.4) is 0 Å². The molecule has 1 fully saturated rings. The fraction of sp³-hybridized carbons (Fsp3) is 0.417. The van der Waals surface area contributed by atoms with Crippen LogP contribution in [-0.4, -0.2) is 36.1 Å². The molecule has 31 heavy (non-hydrogen) atoms. The van der Waals surface area contributed by atoms with Gasteiger partial charge in [0.15, 0.2) is 0 Å². The molecule has 2 aromatic carbocycles. The van der Waals surface area contributed by atoms with E-state index in [1.54, 1.807) is 24.3 Å². The van der Waals surface area contributed by atoms with Crippen LogP contribution in [0.1, 0.15) is 43.2 Å². The highest BCUT2D eigenvalue weighted by atomic mass is 35.5. The van der Waals surface area contributed by atoms with Crippen LogP contribution in [0.5, 0.6) is 0 Å². The number of amides is 2. The van der Waals surface area contributed by atoms with Crippen molar-refractivity contribution in [3.8, 4) is 0 Å². The first-order valence-electron chi connectivity index (χ1n) is 10.6. The van der Waals surface area contributed by atoms with E-state index in [4.69, 9.17) is 16.7 Å². The van der Waals surface area contributed by atoms with Gasteiger partial charge in [-0.25, -0.2) is 4.39 Å². The minimum atomic E-state index is -0.773. The lowest BCUT2D eigenvalue weighted by atomic mass is 9.77. The van der Waals surface area contributed by atoms with Gasteiger partial charge in [-0.1, -0.05) is 48.7 Å². The predicted molar refractivity (Wildman–Crippen MR) is 118 cm³/mol. The summed E-state index contributed by atoms with van der Waals surface area (Å²) in [6, 6.07) is 12.4. The Bertz CT molecular complexity index is 881. The molecule has 1 atom stereocenters. The highest BCUT2D eigenvalue weighted by Gasteiger charge is 2.43. The second kappa shape index (κ2) is 10.7. The zero-order chi connectivity index (χ0) is 22.3. The topological polar surface area (TPSA) is 78.4 Å². The SMILES string of the molecule is O=C(NCCCO)[C@@H](Cc1ccc(Cl)cc1)NC(=O)C1(c2ccc(F)cc2)CCCC1. The number of carbonyl (C=O) groups excluding carboxylic acids is 2. The molecule has 5 nitrogen and oxygen atoms in total. The van der Waals surface area contributed by atoms with Crippen LogP contribution in [-0.2, 0) is 21.4 Å². The minimum absolute atomic E-state index is 0.0256. The van der Waals surface area contributed by atoms with E-state index in [1.807, 2.05) is 12.1 Å². The third-order valence-corrected chi connectivity index (χ3v) is 6.15. The molecule has 0 radical (unpaired) electrons. The first-order valence-corrected chi connectivity index (χ1v) is 11.0. The lowest BCUT2D eigenvalue weighted by Gasteiger charge is -2.31. The fourth-order valence-corrected chi connectivity index (χ4v) is 4.30. The first kappa shape index (κ1) is 23.2. The van der Waals surface area contributed by atoms with Gasteiger partial charge in [0.25, 0.3) is 0 Å². The normalized spacial score (nSPS) is 16.0. The highest BCUT2D eigenvalue weighted by Crippen LogP contribution is 2.41. The lowest BCUT2D eigenvalue weighted by molar-refractivity contribution is -0.132. The fourth-order valence-electron chi connectivity index (χ4n) is 4.17. The summed E-state index contributed by atoms with van der Waals surface area (Å²) in [6.45, 7) is 0.299. The Morgan fingerprint density at radius 3 is 2.32 bits per heavy atom. The van der Waals surface area contributed by atoms with Crippen LogP contribution in [0.25, 0.3) is 0 Å². The van der Waals surface area contributed by atoms with Gasteiger partial charge in [-0.2, -0.15) is 0 Å². The number of hydrogen-bond donors (Lipinski definition) is 3. The van der Waals surface area contributed by atoms with Crippen LogP contribution < -0.4 is 10.6 Å². The molecule has 0 unspecified atom stereocenters. The molecule has 0 bridgehead atoms. The van der Waals surface area contributed by atoms with Crippen molar-refractivity contribution in [3.05, 3.63) is 70.5 Å². The van der Waals surface area contributed by atoms with Crippen molar-refractivity contribution < 1.29 is 19.1 Å². The van der Waals surface area contributed by atoms with Gasteiger partial charge in [0.1, 0.15) is 11.9 Å². The molecular weight excluding hydrogens is 419 g/mol. The Hall–Kier alpha value is -2.44. The number of halogens is 2. The Kier molecular flexibility index (Phi) is 8.04. The molecule has 166 valence electrons. The van der Waals surface area contributed by atoms with Crippen LogP contribution in [0.2, 0.25) is 5.02 Å². The van der Waals surface area contributed by atoms with Crippen molar-refractivity contribution in [2.75, 3.05) is 13.2 Å². The third kappa shape index (κ3) is 5.83. The van der Waals surface area contributed by atoms with Crippen LogP contribution >= 0.6 is 11.6 Å². The predicted octanol–water partition coefficient (Wildman–Crippen LogP) is 3.52. The van der Waals surface area contributed by atoms with Gasteiger partial charge < -0.3 is 15.7 Å². The number of hydrogen-bond acceptors (Lipinski definition) is 3. The number of aliphatic hydroxyl groups excluding tert-OH is 1.